The van der Waals surface area contributed by atoms with Crippen LogP contribution in [0.1, 0.15) is 51.0 Å². The van der Waals surface area contributed by atoms with Crippen LogP contribution in [0.3, 0.4) is 0 Å². The molecule has 0 saturated carbocycles. The molecule has 0 bridgehead atoms. The average Bonchev–Trinajstić information content (AvgIpc) is 2.55. The van der Waals surface area contributed by atoms with E-state index >= 15 is 0 Å². The number of amides is 1. The van der Waals surface area contributed by atoms with Gasteiger partial charge in [0.2, 0.25) is 5.91 Å². The molecular formula is C19H25F3N2O. The molecule has 2 rings (SSSR count). The zero-order valence-electron chi connectivity index (χ0n) is 14.5. The van der Waals surface area contributed by atoms with E-state index < -0.39 is 17.6 Å². The SMILES string of the molecule is CC(CC(=O)Nc1ccccc1C(F)(F)F)NCCC1=CCCCC1. The molecule has 0 fully saturated rings. The molecule has 1 aromatic rings. The standard InChI is InChI=1S/C19H25F3N2O/c1-14(23-12-11-15-7-3-2-4-8-15)13-18(25)24-17-10-6-5-9-16(17)19(20,21)22/h5-7,9-10,14,23H,2-4,8,11-13H2,1H3,(H,24,25). The highest BCUT2D eigenvalue weighted by molar-refractivity contribution is 5.92. The van der Waals surface area contributed by atoms with Crippen LogP contribution in [-0.4, -0.2) is 18.5 Å². The summed E-state index contributed by atoms with van der Waals surface area (Å²) in [5.74, 6) is -0.423. The van der Waals surface area contributed by atoms with E-state index in [-0.39, 0.29) is 18.2 Å². The Kier molecular flexibility index (Phi) is 7.05. The van der Waals surface area contributed by atoms with Crippen LogP contribution in [0.15, 0.2) is 35.9 Å². The number of halogens is 3. The molecule has 0 heterocycles. The molecule has 0 saturated heterocycles. The van der Waals surface area contributed by atoms with E-state index in [9.17, 15) is 18.0 Å². The van der Waals surface area contributed by atoms with Gasteiger partial charge in [0, 0.05) is 12.5 Å². The number of carbonyl (C=O) groups is 1. The van der Waals surface area contributed by atoms with Gasteiger partial charge in [0.05, 0.1) is 11.3 Å². The fraction of sp³-hybridized carbons (Fsp3) is 0.526. The van der Waals surface area contributed by atoms with Crippen LogP contribution in [0.5, 0.6) is 0 Å². The second-order valence-corrected chi connectivity index (χ2v) is 6.51. The van der Waals surface area contributed by atoms with Crippen molar-refractivity contribution >= 4 is 11.6 Å². The number of alkyl halides is 3. The molecule has 1 atom stereocenters. The molecule has 1 unspecified atom stereocenters. The second-order valence-electron chi connectivity index (χ2n) is 6.51. The van der Waals surface area contributed by atoms with Crippen molar-refractivity contribution in [2.45, 2.75) is 57.7 Å². The molecule has 1 aliphatic carbocycles. The maximum absolute atomic E-state index is 12.9. The minimum absolute atomic E-state index is 0.0951. The predicted molar refractivity (Wildman–Crippen MR) is 93.3 cm³/mol. The van der Waals surface area contributed by atoms with Crippen molar-refractivity contribution in [1.82, 2.24) is 5.32 Å². The molecule has 0 radical (unpaired) electrons. The monoisotopic (exact) mass is 354 g/mol. The number of carbonyl (C=O) groups excluding carboxylic acids is 1. The van der Waals surface area contributed by atoms with Gasteiger partial charge in [-0.15, -0.1) is 0 Å². The molecular weight excluding hydrogens is 329 g/mol. The van der Waals surface area contributed by atoms with Gasteiger partial charge in [-0.05, 0) is 57.7 Å². The third-order valence-electron chi connectivity index (χ3n) is 4.32. The van der Waals surface area contributed by atoms with Crippen LogP contribution in [0.4, 0.5) is 18.9 Å². The molecule has 138 valence electrons. The van der Waals surface area contributed by atoms with E-state index in [1.807, 2.05) is 6.92 Å². The van der Waals surface area contributed by atoms with Gasteiger partial charge in [0.15, 0.2) is 0 Å². The third-order valence-corrected chi connectivity index (χ3v) is 4.32. The predicted octanol–water partition coefficient (Wildman–Crippen LogP) is 4.90. The fourth-order valence-electron chi connectivity index (χ4n) is 3.00. The van der Waals surface area contributed by atoms with E-state index in [0.717, 1.165) is 31.9 Å². The lowest BCUT2D eigenvalue weighted by molar-refractivity contribution is -0.137. The van der Waals surface area contributed by atoms with Crippen molar-refractivity contribution in [1.29, 1.82) is 0 Å². The van der Waals surface area contributed by atoms with Crippen molar-refractivity contribution in [3.63, 3.8) is 0 Å². The number of anilines is 1. The van der Waals surface area contributed by atoms with Gasteiger partial charge in [-0.1, -0.05) is 23.8 Å². The Balaban J connectivity index is 1.79. The second kappa shape index (κ2) is 9.04. The van der Waals surface area contributed by atoms with Crippen LogP contribution in [0.2, 0.25) is 0 Å². The summed E-state index contributed by atoms with van der Waals surface area (Å²) in [5, 5.41) is 5.65. The minimum Gasteiger partial charge on any atom is -0.325 e. The highest BCUT2D eigenvalue weighted by Crippen LogP contribution is 2.34. The quantitative estimate of drug-likeness (QED) is 0.684. The smallest absolute Gasteiger partial charge is 0.325 e. The molecule has 0 spiro atoms. The maximum atomic E-state index is 12.9. The zero-order valence-corrected chi connectivity index (χ0v) is 14.5. The van der Waals surface area contributed by atoms with Crippen molar-refractivity contribution in [2.24, 2.45) is 0 Å². The first kappa shape index (κ1) is 19.5. The third kappa shape index (κ3) is 6.53. The Morgan fingerprint density at radius 3 is 2.68 bits per heavy atom. The number of allylic oxidation sites excluding steroid dienone is 1. The summed E-state index contributed by atoms with van der Waals surface area (Å²) in [7, 11) is 0. The summed E-state index contributed by atoms with van der Waals surface area (Å²) >= 11 is 0. The lowest BCUT2D eigenvalue weighted by Crippen LogP contribution is -2.31. The number of hydrogen-bond acceptors (Lipinski definition) is 2. The molecule has 0 aliphatic heterocycles. The summed E-state index contributed by atoms with van der Waals surface area (Å²) < 4.78 is 38.8. The summed E-state index contributed by atoms with van der Waals surface area (Å²) in [6.45, 7) is 2.64. The zero-order chi connectivity index (χ0) is 18.3. The lowest BCUT2D eigenvalue weighted by atomic mass is 9.97. The van der Waals surface area contributed by atoms with Crippen molar-refractivity contribution in [3.05, 3.63) is 41.5 Å². The van der Waals surface area contributed by atoms with Gasteiger partial charge < -0.3 is 10.6 Å². The first-order valence-electron chi connectivity index (χ1n) is 8.73. The highest BCUT2D eigenvalue weighted by atomic mass is 19.4. The maximum Gasteiger partial charge on any atom is 0.418 e. The van der Waals surface area contributed by atoms with Crippen LogP contribution in [-0.2, 0) is 11.0 Å². The largest absolute Gasteiger partial charge is 0.418 e. The van der Waals surface area contributed by atoms with Crippen LogP contribution in [0, 0.1) is 0 Å². The van der Waals surface area contributed by atoms with Gasteiger partial charge in [0.1, 0.15) is 0 Å². The molecule has 25 heavy (non-hydrogen) atoms. The number of nitrogens with one attached hydrogen (secondary N) is 2. The Morgan fingerprint density at radius 2 is 2.00 bits per heavy atom. The van der Waals surface area contributed by atoms with E-state index in [0.29, 0.717) is 0 Å². The molecule has 2 N–H and O–H groups in total. The number of hydrogen-bond donors (Lipinski definition) is 2. The van der Waals surface area contributed by atoms with E-state index in [1.165, 1.54) is 36.6 Å². The summed E-state index contributed by atoms with van der Waals surface area (Å²) in [6, 6.07) is 4.93. The Labute approximate surface area is 146 Å². The summed E-state index contributed by atoms with van der Waals surface area (Å²) in [6.07, 6.45) is 3.68. The summed E-state index contributed by atoms with van der Waals surface area (Å²) in [5.41, 5.74) is 0.433. The first-order chi connectivity index (χ1) is 11.9. The Hall–Kier alpha value is -1.82. The number of para-hydroxylation sites is 1. The molecule has 1 amide bonds. The van der Waals surface area contributed by atoms with Gasteiger partial charge in [-0.3, -0.25) is 4.79 Å². The lowest BCUT2D eigenvalue weighted by Gasteiger charge is -2.17. The van der Waals surface area contributed by atoms with Crippen molar-refractivity contribution in [3.8, 4) is 0 Å². The highest BCUT2D eigenvalue weighted by Gasteiger charge is 2.33. The van der Waals surface area contributed by atoms with Gasteiger partial charge >= 0.3 is 6.18 Å². The number of rotatable bonds is 7. The summed E-state index contributed by atoms with van der Waals surface area (Å²) in [4.78, 5) is 12.0. The van der Waals surface area contributed by atoms with Gasteiger partial charge in [-0.25, -0.2) is 0 Å². The average molecular weight is 354 g/mol. The van der Waals surface area contributed by atoms with Crippen LogP contribution < -0.4 is 10.6 Å². The molecule has 1 aliphatic rings. The Morgan fingerprint density at radius 1 is 1.24 bits per heavy atom. The normalized spacial score (nSPS) is 16.2. The fourth-order valence-corrected chi connectivity index (χ4v) is 3.00. The topological polar surface area (TPSA) is 41.1 Å². The van der Waals surface area contributed by atoms with Crippen molar-refractivity contribution < 1.29 is 18.0 Å². The van der Waals surface area contributed by atoms with Crippen LogP contribution in [0.25, 0.3) is 0 Å². The molecule has 0 aromatic heterocycles. The van der Waals surface area contributed by atoms with E-state index in [4.69, 9.17) is 0 Å². The minimum atomic E-state index is -4.48. The van der Waals surface area contributed by atoms with Crippen molar-refractivity contribution in [2.75, 3.05) is 11.9 Å². The van der Waals surface area contributed by atoms with Crippen LogP contribution >= 0.6 is 0 Å². The number of benzene rings is 1. The van der Waals surface area contributed by atoms with Gasteiger partial charge in [0.25, 0.3) is 0 Å². The van der Waals surface area contributed by atoms with E-state index in [2.05, 4.69) is 16.7 Å². The molecule has 6 heteroatoms. The van der Waals surface area contributed by atoms with Gasteiger partial charge in [-0.2, -0.15) is 13.2 Å². The Bertz CT molecular complexity index is 611. The van der Waals surface area contributed by atoms with E-state index in [1.54, 1.807) is 0 Å². The molecule has 1 aromatic carbocycles. The molecule has 3 nitrogen and oxygen atoms in total. The first-order valence-corrected chi connectivity index (χ1v) is 8.73.